The molecule has 0 aliphatic carbocycles. The van der Waals surface area contributed by atoms with E-state index < -0.39 is 23.5 Å². The molecule has 1 amide bonds. The number of hydrogen-bond donors (Lipinski definition) is 1. The molecule has 1 heterocycles. The van der Waals surface area contributed by atoms with E-state index >= 15 is 0 Å². The van der Waals surface area contributed by atoms with E-state index in [1.54, 1.807) is 6.07 Å². The third-order valence-corrected chi connectivity index (χ3v) is 4.52. The summed E-state index contributed by atoms with van der Waals surface area (Å²) < 4.78 is 56.8. The highest BCUT2D eigenvalue weighted by Gasteiger charge is 2.31. The standard InChI is InChI=1S/C17H10ClF4N3O2S/c18-12-5-4-10(17(20,21)22)7-13(12)23-14(26)8-28-16-25-24-15(27-16)9-2-1-3-11(19)6-9/h1-7H,8H2,(H,23,26). The Morgan fingerprint density at radius 1 is 1.18 bits per heavy atom. The Balaban J connectivity index is 1.62. The van der Waals surface area contributed by atoms with Crippen LogP contribution in [0.2, 0.25) is 5.02 Å². The Morgan fingerprint density at radius 2 is 1.96 bits per heavy atom. The van der Waals surface area contributed by atoms with E-state index in [1.807, 2.05) is 0 Å². The van der Waals surface area contributed by atoms with Crippen LogP contribution in [0.1, 0.15) is 5.56 Å². The first kappa shape index (κ1) is 20.2. The number of nitrogens with one attached hydrogen (secondary N) is 1. The van der Waals surface area contributed by atoms with Crippen molar-refractivity contribution in [3.05, 3.63) is 58.9 Å². The molecule has 0 aliphatic heterocycles. The van der Waals surface area contributed by atoms with Gasteiger partial charge in [0.15, 0.2) is 0 Å². The number of amides is 1. The normalized spacial score (nSPS) is 11.5. The summed E-state index contributed by atoms with van der Waals surface area (Å²) in [5.74, 6) is -1.22. The van der Waals surface area contributed by atoms with Gasteiger partial charge >= 0.3 is 6.18 Å². The molecule has 0 unspecified atom stereocenters. The number of carbonyl (C=O) groups is 1. The van der Waals surface area contributed by atoms with Gasteiger partial charge in [0.25, 0.3) is 5.22 Å². The van der Waals surface area contributed by atoms with Crippen molar-refractivity contribution in [1.29, 1.82) is 0 Å². The van der Waals surface area contributed by atoms with Crippen molar-refractivity contribution in [2.24, 2.45) is 0 Å². The van der Waals surface area contributed by atoms with Crippen molar-refractivity contribution < 1.29 is 26.8 Å². The van der Waals surface area contributed by atoms with Crippen molar-refractivity contribution >= 4 is 35.0 Å². The summed E-state index contributed by atoms with van der Waals surface area (Å²) in [7, 11) is 0. The Bertz CT molecular complexity index is 1010. The maximum Gasteiger partial charge on any atom is 0.416 e. The number of aromatic nitrogens is 2. The Labute approximate surface area is 165 Å². The second-order valence-electron chi connectivity index (χ2n) is 5.41. The van der Waals surface area contributed by atoms with E-state index in [9.17, 15) is 22.4 Å². The molecule has 146 valence electrons. The number of anilines is 1. The number of halogens is 5. The zero-order valence-electron chi connectivity index (χ0n) is 13.8. The van der Waals surface area contributed by atoms with Crippen LogP contribution < -0.4 is 5.32 Å². The van der Waals surface area contributed by atoms with E-state index in [0.717, 1.165) is 30.0 Å². The summed E-state index contributed by atoms with van der Waals surface area (Å²) >= 11 is 6.70. The quantitative estimate of drug-likeness (QED) is 0.440. The van der Waals surface area contributed by atoms with Gasteiger partial charge in [0, 0.05) is 5.56 Å². The van der Waals surface area contributed by atoms with E-state index in [2.05, 4.69) is 15.5 Å². The molecule has 28 heavy (non-hydrogen) atoms. The van der Waals surface area contributed by atoms with Gasteiger partial charge in [0.1, 0.15) is 5.82 Å². The van der Waals surface area contributed by atoms with Crippen molar-refractivity contribution in [2.75, 3.05) is 11.1 Å². The lowest BCUT2D eigenvalue weighted by Crippen LogP contribution is -2.15. The van der Waals surface area contributed by atoms with Crippen LogP contribution in [-0.2, 0) is 11.0 Å². The van der Waals surface area contributed by atoms with E-state index in [-0.39, 0.29) is 27.6 Å². The van der Waals surface area contributed by atoms with E-state index in [4.69, 9.17) is 16.0 Å². The van der Waals surface area contributed by atoms with Crippen LogP contribution in [0.5, 0.6) is 0 Å². The lowest BCUT2D eigenvalue weighted by Gasteiger charge is -2.11. The van der Waals surface area contributed by atoms with Gasteiger partial charge in [-0.15, -0.1) is 10.2 Å². The number of alkyl halides is 3. The lowest BCUT2D eigenvalue weighted by atomic mass is 10.2. The largest absolute Gasteiger partial charge is 0.416 e. The highest BCUT2D eigenvalue weighted by Crippen LogP contribution is 2.34. The zero-order valence-corrected chi connectivity index (χ0v) is 15.3. The van der Waals surface area contributed by atoms with Crippen LogP contribution in [0, 0.1) is 5.82 Å². The van der Waals surface area contributed by atoms with Gasteiger partial charge in [0.2, 0.25) is 11.8 Å². The molecule has 1 N–H and O–H groups in total. The third-order valence-electron chi connectivity index (χ3n) is 3.37. The van der Waals surface area contributed by atoms with Gasteiger partial charge in [-0.2, -0.15) is 13.2 Å². The predicted octanol–water partition coefficient (Wildman–Crippen LogP) is 5.28. The van der Waals surface area contributed by atoms with Crippen molar-refractivity contribution in [1.82, 2.24) is 10.2 Å². The molecule has 0 saturated heterocycles. The molecule has 0 spiro atoms. The Hall–Kier alpha value is -2.59. The molecule has 0 fully saturated rings. The third kappa shape index (κ3) is 5.02. The van der Waals surface area contributed by atoms with Gasteiger partial charge in [0.05, 0.1) is 22.0 Å². The monoisotopic (exact) mass is 431 g/mol. The van der Waals surface area contributed by atoms with Crippen LogP contribution in [-0.4, -0.2) is 21.9 Å². The highest BCUT2D eigenvalue weighted by molar-refractivity contribution is 7.99. The second-order valence-corrected chi connectivity index (χ2v) is 6.75. The number of benzene rings is 2. The summed E-state index contributed by atoms with van der Waals surface area (Å²) in [5.41, 5.74) is -0.718. The maximum atomic E-state index is 13.2. The lowest BCUT2D eigenvalue weighted by molar-refractivity contribution is -0.137. The first-order valence-electron chi connectivity index (χ1n) is 7.61. The van der Waals surface area contributed by atoms with Gasteiger partial charge in [-0.25, -0.2) is 4.39 Å². The van der Waals surface area contributed by atoms with Crippen molar-refractivity contribution in [3.63, 3.8) is 0 Å². The summed E-state index contributed by atoms with van der Waals surface area (Å²) in [4.78, 5) is 12.0. The molecular weight excluding hydrogens is 422 g/mol. The summed E-state index contributed by atoms with van der Waals surface area (Å²) in [6.45, 7) is 0. The smallest absolute Gasteiger partial charge is 0.411 e. The Kier molecular flexibility index (Phi) is 5.90. The summed E-state index contributed by atoms with van der Waals surface area (Å²) in [5, 5.41) is 9.82. The minimum Gasteiger partial charge on any atom is -0.411 e. The molecule has 5 nitrogen and oxygen atoms in total. The van der Waals surface area contributed by atoms with Gasteiger partial charge in [-0.05, 0) is 36.4 Å². The molecular formula is C17H10ClF4N3O2S. The minimum atomic E-state index is -4.56. The van der Waals surface area contributed by atoms with Crippen LogP contribution in [0.25, 0.3) is 11.5 Å². The summed E-state index contributed by atoms with van der Waals surface area (Å²) in [6.07, 6.45) is -4.56. The molecule has 0 radical (unpaired) electrons. The van der Waals surface area contributed by atoms with Crippen LogP contribution >= 0.6 is 23.4 Å². The molecule has 0 bridgehead atoms. The first-order chi connectivity index (χ1) is 13.2. The number of nitrogens with zero attached hydrogens (tertiary/aromatic N) is 2. The second kappa shape index (κ2) is 8.19. The molecule has 2 aromatic carbocycles. The number of hydrogen-bond acceptors (Lipinski definition) is 5. The number of rotatable bonds is 5. The van der Waals surface area contributed by atoms with Crippen molar-refractivity contribution in [3.8, 4) is 11.5 Å². The maximum absolute atomic E-state index is 13.2. The van der Waals surface area contributed by atoms with Crippen LogP contribution in [0.3, 0.4) is 0 Å². The number of thioether (sulfide) groups is 1. The topological polar surface area (TPSA) is 68.0 Å². The Morgan fingerprint density at radius 3 is 2.68 bits per heavy atom. The molecule has 11 heteroatoms. The molecule has 0 aliphatic rings. The van der Waals surface area contributed by atoms with Crippen LogP contribution in [0.4, 0.5) is 23.2 Å². The van der Waals surface area contributed by atoms with E-state index in [0.29, 0.717) is 5.56 Å². The zero-order chi connectivity index (χ0) is 20.3. The van der Waals surface area contributed by atoms with E-state index in [1.165, 1.54) is 18.2 Å². The van der Waals surface area contributed by atoms with Gasteiger partial charge < -0.3 is 9.73 Å². The predicted molar refractivity (Wildman–Crippen MR) is 95.5 cm³/mol. The summed E-state index contributed by atoms with van der Waals surface area (Å²) in [6, 6.07) is 8.15. The average Bonchev–Trinajstić information content (AvgIpc) is 3.10. The fourth-order valence-corrected chi connectivity index (χ4v) is 2.85. The highest BCUT2D eigenvalue weighted by atomic mass is 35.5. The average molecular weight is 432 g/mol. The molecule has 3 aromatic rings. The fourth-order valence-electron chi connectivity index (χ4n) is 2.12. The fraction of sp³-hybridized carbons (Fsp3) is 0.118. The molecule has 0 atom stereocenters. The van der Waals surface area contributed by atoms with Gasteiger partial charge in [-0.3, -0.25) is 4.79 Å². The number of carbonyl (C=O) groups excluding carboxylic acids is 1. The molecule has 0 saturated carbocycles. The minimum absolute atomic E-state index is 0.0301. The molecule has 1 aromatic heterocycles. The van der Waals surface area contributed by atoms with Gasteiger partial charge in [-0.1, -0.05) is 29.4 Å². The van der Waals surface area contributed by atoms with Crippen LogP contribution in [0.15, 0.2) is 52.1 Å². The first-order valence-corrected chi connectivity index (χ1v) is 8.97. The molecule has 3 rings (SSSR count). The van der Waals surface area contributed by atoms with Crippen molar-refractivity contribution in [2.45, 2.75) is 11.4 Å². The SMILES string of the molecule is O=C(CSc1nnc(-c2cccc(F)c2)o1)Nc1cc(C(F)(F)F)ccc1Cl.